The molecule has 0 saturated carbocycles. The van der Waals surface area contributed by atoms with Crippen molar-refractivity contribution in [1.82, 2.24) is 5.32 Å². The molecule has 1 atom stereocenters. The average Bonchev–Trinajstić information content (AvgIpc) is 2.58. The standard InChI is InChI=1S/C17H16FN3O2/c18-14-7-6-12(19)10-13(14)15-8-9-23-17(20-15)21-16(22)11-4-2-1-3-5-11/h1-7,10,15H,8-9,19H2,(H,20,21,22). The van der Waals surface area contributed by atoms with Crippen LogP contribution >= 0.6 is 0 Å². The smallest absolute Gasteiger partial charge is 0.292 e. The second-order valence-electron chi connectivity index (χ2n) is 5.19. The molecule has 1 unspecified atom stereocenters. The van der Waals surface area contributed by atoms with E-state index in [0.717, 1.165) is 0 Å². The maximum atomic E-state index is 14.0. The number of halogens is 1. The number of nitrogens with one attached hydrogen (secondary N) is 1. The number of nitrogen functional groups attached to an aromatic ring is 1. The summed E-state index contributed by atoms with van der Waals surface area (Å²) in [6, 6.07) is 12.8. The van der Waals surface area contributed by atoms with E-state index in [2.05, 4.69) is 10.3 Å². The van der Waals surface area contributed by atoms with E-state index in [1.54, 1.807) is 30.3 Å². The van der Waals surface area contributed by atoms with Crippen LogP contribution in [-0.2, 0) is 4.74 Å². The number of nitrogens with zero attached hydrogens (tertiary/aromatic N) is 1. The van der Waals surface area contributed by atoms with Gasteiger partial charge in [0.05, 0.1) is 12.6 Å². The lowest BCUT2D eigenvalue weighted by Gasteiger charge is -2.22. The van der Waals surface area contributed by atoms with Crippen LogP contribution in [0.2, 0.25) is 0 Å². The molecular weight excluding hydrogens is 297 g/mol. The predicted molar refractivity (Wildman–Crippen MR) is 85.5 cm³/mol. The second kappa shape index (κ2) is 6.48. The van der Waals surface area contributed by atoms with Gasteiger partial charge in [-0.25, -0.2) is 9.38 Å². The van der Waals surface area contributed by atoms with Crippen LogP contribution in [0.15, 0.2) is 53.5 Å². The zero-order chi connectivity index (χ0) is 16.2. The van der Waals surface area contributed by atoms with E-state index in [9.17, 15) is 9.18 Å². The van der Waals surface area contributed by atoms with E-state index in [-0.39, 0.29) is 17.7 Å². The summed E-state index contributed by atoms with van der Waals surface area (Å²) < 4.78 is 19.3. The third kappa shape index (κ3) is 3.48. The van der Waals surface area contributed by atoms with Crippen LogP contribution in [0, 0.1) is 5.82 Å². The van der Waals surface area contributed by atoms with Gasteiger partial charge in [0.2, 0.25) is 0 Å². The van der Waals surface area contributed by atoms with E-state index in [4.69, 9.17) is 10.5 Å². The lowest BCUT2D eigenvalue weighted by molar-refractivity contribution is 0.0962. The number of anilines is 1. The van der Waals surface area contributed by atoms with Gasteiger partial charge in [0.15, 0.2) is 0 Å². The number of hydrogen-bond donors (Lipinski definition) is 2. The zero-order valence-electron chi connectivity index (χ0n) is 12.3. The fourth-order valence-corrected chi connectivity index (χ4v) is 2.38. The highest BCUT2D eigenvalue weighted by Gasteiger charge is 2.22. The van der Waals surface area contributed by atoms with Gasteiger partial charge < -0.3 is 10.5 Å². The molecule has 0 spiro atoms. The molecular formula is C17H16FN3O2. The monoisotopic (exact) mass is 313 g/mol. The minimum atomic E-state index is -0.432. The maximum absolute atomic E-state index is 14.0. The third-order valence-corrected chi connectivity index (χ3v) is 3.54. The highest BCUT2D eigenvalue weighted by atomic mass is 19.1. The lowest BCUT2D eigenvalue weighted by Crippen LogP contribution is -2.35. The fourth-order valence-electron chi connectivity index (χ4n) is 2.38. The molecule has 118 valence electrons. The molecule has 0 saturated heterocycles. The van der Waals surface area contributed by atoms with Crippen molar-refractivity contribution >= 4 is 17.6 Å². The molecule has 1 amide bonds. The minimum absolute atomic E-state index is 0.0944. The summed E-state index contributed by atoms with van der Waals surface area (Å²) in [5.41, 5.74) is 7.08. The van der Waals surface area contributed by atoms with E-state index in [1.807, 2.05) is 6.07 Å². The molecule has 1 aliphatic heterocycles. The van der Waals surface area contributed by atoms with Crippen LogP contribution in [-0.4, -0.2) is 18.5 Å². The number of rotatable bonds is 2. The Morgan fingerprint density at radius 1 is 1.26 bits per heavy atom. The van der Waals surface area contributed by atoms with Crippen molar-refractivity contribution < 1.29 is 13.9 Å². The Morgan fingerprint density at radius 2 is 2.04 bits per heavy atom. The molecule has 0 aliphatic carbocycles. The van der Waals surface area contributed by atoms with Crippen molar-refractivity contribution in [2.24, 2.45) is 4.99 Å². The summed E-state index contributed by atoms with van der Waals surface area (Å²) in [7, 11) is 0. The Bertz CT molecular complexity index is 747. The minimum Gasteiger partial charge on any atom is -0.465 e. The first-order valence-corrected chi connectivity index (χ1v) is 7.25. The van der Waals surface area contributed by atoms with Crippen LogP contribution < -0.4 is 11.1 Å². The molecule has 6 heteroatoms. The van der Waals surface area contributed by atoms with Gasteiger partial charge in [-0.05, 0) is 30.3 Å². The Kier molecular flexibility index (Phi) is 4.23. The van der Waals surface area contributed by atoms with Crippen molar-refractivity contribution in [3.05, 3.63) is 65.5 Å². The number of carbonyl (C=O) groups excluding carboxylic acids is 1. The first kappa shape index (κ1) is 15.0. The van der Waals surface area contributed by atoms with Gasteiger partial charge in [-0.15, -0.1) is 0 Å². The summed E-state index contributed by atoms with van der Waals surface area (Å²) in [5, 5.41) is 2.60. The number of carbonyl (C=O) groups is 1. The van der Waals surface area contributed by atoms with Gasteiger partial charge in [-0.3, -0.25) is 10.1 Å². The molecule has 3 N–H and O–H groups in total. The number of benzene rings is 2. The largest absolute Gasteiger partial charge is 0.465 e. The molecule has 1 aliphatic rings. The van der Waals surface area contributed by atoms with Crippen LogP contribution in [0.1, 0.15) is 28.4 Å². The number of ether oxygens (including phenoxy) is 1. The summed E-state index contributed by atoms with van der Waals surface area (Å²) in [4.78, 5) is 16.4. The first-order valence-electron chi connectivity index (χ1n) is 7.25. The van der Waals surface area contributed by atoms with Crippen LogP contribution in [0.3, 0.4) is 0 Å². The third-order valence-electron chi connectivity index (χ3n) is 3.54. The van der Waals surface area contributed by atoms with Crippen molar-refractivity contribution in [2.75, 3.05) is 12.3 Å². The Labute approximate surface area is 133 Å². The van der Waals surface area contributed by atoms with Crippen molar-refractivity contribution in [3.63, 3.8) is 0 Å². The van der Waals surface area contributed by atoms with Gasteiger partial charge in [0.1, 0.15) is 5.82 Å². The maximum Gasteiger partial charge on any atom is 0.292 e. The van der Waals surface area contributed by atoms with Gasteiger partial charge in [0, 0.05) is 23.2 Å². The number of nitrogens with two attached hydrogens (primary N) is 1. The molecule has 2 aromatic carbocycles. The van der Waals surface area contributed by atoms with E-state index >= 15 is 0 Å². The Morgan fingerprint density at radius 3 is 2.83 bits per heavy atom. The van der Waals surface area contributed by atoms with Gasteiger partial charge >= 0.3 is 0 Å². The van der Waals surface area contributed by atoms with Gasteiger partial charge in [-0.2, -0.15) is 0 Å². The molecule has 0 aromatic heterocycles. The van der Waals surface area contributed by atoms with Crippen molar-refractivity contribution in [1.29, 1.82) is 0 Å². The highest BCUT2D eigenvalue weighted by Crippen LogP contribution is 2.28. The highest BCUT2D eigenvalue weighted by molar-refractivity contribution is 6.04. The fraction of sp³-hybridized carbons (Fsp3) is 0.176. The molecule has 3 rings (SSSR count). The topological polar surface area (TPSA) is 76.7 Å². The summed E-state index contributed by atoms with van der Waals surface area (Å²) in [6.45, 7) is 0.340. The number of amidine groups is 1. The predicted octanol–water partition coefficient (Wildman–Crippen LogP) is 2.66. The summed E-state index contributed by atoms with van der Waals surface area (Å²) in [5.74, 6) is -0.693. The average molecular weight is 313 g/mol. The van der Waals surface area contributed by atoms with E-state index in [1.165, 1.54) is 12.1 Å². The lowest BCUT2D eigenvalue weighted by atomic mass is 10.0. The van der Waals surface area contributed by atoms with E-state index < -0.39 is 6.04 Å². The summed E-state index contributed by atoms with van der Waals surface area (Å²) in [6.07, 6.45) is 0.519. The number of aliphatic imine (C=N–C) groups is 1. The SMILES string of the molecule is Nc1ccc(F)c(C2CCOC(NC(=O)c3ccccc3)=N2)c1. The Hall–Kier alpha value is -2.89. The quantitative estimate of drug-likeness (QED) is 0.837. The normalized spacial score (nSPS) is 17.1. The number of amides is 1. The molecule has 0 bridgehead atoms. The molecule has 23 heavy (non-hydrogen) atoms. The van der Waals surface area contributed by atoms with Crippen molar-refractivity contribution in [2.45, 2.75) is 12.5 Å². The van der Waals surface area contributed by atoms with Gasteiger partial charge in [0.25, 0.3) is 11.9 Å². The molecule has 0 radical (unpaired) electrons. The first-order chi connectivity index (χ1) is 11.1. The van der Waals surface area contributed by atoms with Crippen molar-refractivity contribution in [3.8, 4) is 0 Å². The molecule has 1 heterocycles. The molecule has 0 fully saturated rings. The molecule has 5 nitrogen and oxygen atoms in total. The van der Waals surface area contributed by atoms with E-state index in [0.29, 0.717) is 29.8 Å². The van der Waals surface area contributed by atoms with Crippen LogP contribution in [0.5, 0.6) is 0 Å². The molecule has 2 aromatic rings. The Balaban J connectivity index is 1.79. The zero-order valence-corrected chi connectivity index (χ0v) is 12.3. The van der Waals surface area contributed by atoms with Gasteiger partial charge in [-0.1, -0.05) is 18.2 Å². The van der Waals surface area contributed by atoms with Crippen LogP contribution in [0.25, 0.3) is 0 Å². The number of hydrogen-bond acceptors (Lipinski definition) is 4. The van der Waals surface area contributed by atoms with Crippen LogP contribution in [0.4, 0.5) is 10.1 Å². The summed E-state index contributed by atoms with van der Waals surface area (Å²) >= 11 is 0. The second-order valence-corrected chi connectivity index (χ2v) is 5.19.